The molecule has 0 saturated carbocycles. The Morgan fingerprint density at radius 3 is 2.45 bits per heavy atom. The highest BCUT2D eigenvalue weighted by molar-refractivity contribution is 6.12. The molecule has 3 aromatic heterocycles. The highest BCUT2D eigenvalue weighted by Gasteiger charge is 2.19. The molecule has 1 N–H and O–H groups in total. The molecule has 3 heterocycles. The lowest BCUT2D eigenvalue weighted by Gasteiger charge is -2.10. The van der Waals surface area contributed by atoms with Gasteiger partial charge in [-0.2, -0.15) is 0 Å². The molecule has 0 saturated heterocycles. The third-order valence-electron chi connectivity index (χ3n) is 4.84. The Labute approximate surface area is 169 Å². The van der Waals surface area contributed by atoms with Crippen molar-refractivity contribution in [3.05, 3.63) is 82.9 Å². The van der Waals surface area contributed by atoms with Crippen LogP contribution in [0.4, 0.5) is 5.69 Å². The smallest absolute Gasteiger partial charge is 0.259 e. The molecular weight excluding hydrogens is 364 g/mol. The van der Waals surface area contributed by atoms with Crippen LogP contribution in [0.2, 0.25) is 0 Å². The minimum atomic E-state index is -0.201. The predicted octanol–water partition coefficient (Wildman–Crippen LogP) is 4.89. The Hall–Kier alpha value is -3.54. The van der Waals surface area contributed by atoms with Crippen LogP contribution in [-0.4, -0.2) is 21.0 Å². The predicted molar refractivity (Wildman–Crippen MR) is 112 cm³/mol. The highest BCUT2D eigenvalue weighted by atomic mass is 16.5. The van der Waals surface area contributed by atoms with Gasteiger partial charge < -0.3 is 9.84 Å². The summed E-state index contributed by atoms with van der Waals surface area (Å²) in [6.45, 7) is 5.87. The van der Waals surface area contributed by atoms with Crippen molar-refractivity contribution in [3.8, 4) is 0 Å². The first kappa shape index (κ1) is 18.8. The number of nitrogens with zero attached hydrogens (tertiary/aromatic N) is 3. The first-order valence-corrected chi connectivity index (χ1v) is 9.57. The highest BCUT2D eigenvalue weighted by Crippen LogP contribution is 2.26. The van der Waals surface area contributed by atoms with Crippen molar-refractivity contribution in [3.63, 3.8) is 0 Å². The summed E-state index contributed by atoms with van der Waals surface area (Å²) in [4.78, 5) is 21.5. The van der Waals surface area contributed by atoms with Crippen LogP contribution >= 0.6 is 0 Å². The van der Waals surface area contributed by atoms with Crippen molar-refractivity contribution in [2.45, 2.75) is 33.1 Å². The average Bonchev–Trinajstić information content (AvgIpc) is 3.10. The fraction of sp³-hybridized carbons (Fsp3) is 0.217. The Bertz CT molecular complexity index is 1150. The molecule has 0 atom stereocenters. The van der Waals surface area contributed by atoms with Gasteiger partial charge in [0.2, 0.25) is 0 Å². The van der Waals surface area contributed by atoms with E-state index in [2.05, 4.69) is 20.4 Å². The Morgan fingerprint density at radius 1 is 1.07 bits per heavy atom. The number of hydrogen-bond donors (Lipinski definition) is 1. The second-order valence-electron chi connectivity index (χ2n) is 7.38. The summed E-state index contributed by atoms with van der Waals surface area (Å²) in [6, 6.07) is 13.7. The Kier molecular flexibility index (Phi) is 5.08. The van der Waals surface area contributed by atoms with Crippen LogP contribution in [0, 0.1) is 6.92 Å². The van der Waals surface area contributed by atoms with E-state index >= 15 is 0 Å². The number of carbonyl (C=O) groups is 1. The van der Waals surface area contributed by atoms with E-state index in [9.17, 15) is 4.79 Å². The third kappa shape index (κ3) is 4.01. The molecule has 0 bridgehead atoms. The maximum absolute atomic E-state index is 13.0. The normalized spacial score (nSPS) is 11.2. The Balaban J connectivity index is 1.57. The summed E-state index contributed by atoms with van der Waals surface area (Å²) >= 11 is 0. The van der Waals surface area contributed by atoms with Crippen LogP contribution in [-0.2, 0) is 6.42 Å². The van der Waals surface area contributed by atoms with E-state index < -0.39 is 0 Å². The van der Waals surface area contributed by atoms with Gasteiger partial charge in [-0.15, -0.1) is 0 Å². The van der Waals surface area contributed by atoms with Crippen molar-refractivity contribution in [2.24, 2.45) is 0 Å². The lowest BCUT2D eigenvalue weighted by atomic mass is 10.0. The number of nitrogens with one attached hydrogen (secondary N) is 1. The molecule has 146 valence electrons. The molecule has 0 fully saturated rings. The molecule has 4 rings (SSSR count). The number of carbonyl (C=O) groups excluding carboxylic acids is 1. The average molecular weight is 386 g/mol. The van der Waals surface area contributed by atoms with Gasteiger partial charge in [-0.1, -0.05) is 31.1 Å². The zero-order valence-corrected chi connectivity index (χ0v) is 16.6. The summed E-state index contributed by atoms with van der Waals surface area (Å²) in [5, 5.41) is 7.61. The lowest BCUT2D eigenvalue weighted by molar-refractivity contribution is 0.102. The quantitative estimate of drug-likeness (QED) is 0.528. The summed E-state index contributed by atoms with van der Waals surface area (Å²) in [5.41, 5.74) is 5.47. The monoisotopic (exact) mass is 386 g/mol. The van der Waals surface area contributed by atoms with E-state index in [1.54, 1.807) is 12.4 Å². The fourth-order valence-electron chi connectivity index (χ4n) is 3.23. The number of amides is 1. The number of rotatable bonds is 5. The van der Waals surface area contributed by atoms with E-state index in [1.165, 1.54) is 5.56 Å². The molecule has 29 heavy (non-hydrogen) atoms. The molecule has 6 heteroatoms. The van der Waals surface area contributed by atoms with Crippen LogP contribution in [0.5, 0.6) is 0 Å². The number of fused-ring (bicyclic) bond motifs is 1. The van der Waals surface area contributed by atoms with E-state index in [4.69, 9.17) is 4.52 Å². The summed E-state index contributed by atoms with van der Waals surface area (Å²) < 4.78 is 5.31. The molecule has 4 aromatic rings. The van der Waals surface area contributed by atoms with Gasteiger partial charge in [-0.25, -0.2) is 4.98 Å². The minimum Gasteiger partial charge on any atom is -0.336 e. The molecule has 0 radical (unpaired) electrons. The van der Waals surface area contributed by atoms with Crippen LogP contribution < -0.4 is 5.32 Å². The summed E-state index contributed by atoms with van der Waals surface area (Å²) in [6.07, 6.45) is 4.40. The largest absolute Gasteiger partial charge is 0.336 e. The number of aryl methyl sites for hydroxylation is 1. The summed E-state index contributed by atoms with van der Waals surface area (Å²) in [7, 11) is 0. The van der Waals surface area contributed by atoms with Gasteiger partial charge in [0.25, 0.3) is 11.6 Å². The van der Waals surface area contributed by atoms with Gasteiger partial charge in [0.05, 0.1) is 16.6 Å². The van der Waals surface area contributed by atoms with E-state index in [-0.39, 0.29) is 11.8 Å². The minimum absolute atomic E-state index is 0.170. The van der Waals surface area contributed by atoms with Gasteiger partial charge in [-0.3, -0.25) is 9.78 Å². The SMILES string of the molecule is Cc1noc2nc(C(C)C)cc(C(=O)Nc3ccc(Cc4ccncc4)cc3)c12. The van der Waals surface area contributed by atoms with Crippen LogP contribution in [0.15, 0.2) is 59.4 Å². The van der Waals surface area contributed by atoms with Gasteiger partial charge in [0, 0.05) is 23.8 Å². The van der Waals surface area contributed by atoms with Gasteiger partial charge >= 0.3 is 0 Å². The van der Waals surface area contributed by atoms with E-state index in [1.807, 2.05) is 63.2 Å². The fourth-order valence-corrected chi connectivity index (χ4v) is 3.23. The number of benzene rings is 1. The zero-order valence-electron chi connectivity index (χ0n) is 16.6. The number of hydrogen-bond acceptors (Lipinski definition) is 5. The molecule has 1 aromatic carbocycles. The second-order valence-corrected chi connectivity index (χ2v) is 7.38. The third-order valence-corrected chi connectivity index (χ3v) is 4.84. The van der Waals surface area contributed by atoms with Crippen molar-refractivity contribution in [2.75, 3.05) is 5.32 Å². The van der Waals surface area contributed by atoms with E-state index in [0.29, 0.717) is 22.4 Å². The molecule has 0 aliphatic carbocycles. The van der Waals surface area contributed by atoms with Gasteiger partial charge in [0.15, 0.2) is 0 Å². The van der Waals surface area contributed by atoms with Crippen LogP contribution in [0.1, 0.15) is 52.6 Å². The van der Waals surface area contributed by atoms with Crippen molar-refractivity contribution < 1.29 is 9.32 Å². The molecule has 6 nitrogen and oxygen atoms in total. The maximum Gasteiger partial charge on any atom is 0.259 e. The second kappa shape index (κ2) is 7.83. The number of pyridine rings is 2. The molecular formula is C23H22N4O2. The standard InChI is InChI=1S/C23H22N4O2/c1-14(2)20-13-19(21-15(3)27-29-23(21)26-20)22(28)25-18-6-4-16(5-7-18)12-17-8-10-24-11-9-17/h4-11,13-14H,12H2,1-3H3,(H,25,28). The number of anilines is 1. The molecule has 0 aliphatic heterocycles. The van der Waals surface area contributed by atoms with E-state index in [0.717, 1.165) is 23.4 Å². The van der Waals surface area contributed by atoms with Crippen molar-refractivity contribution in [1.29, 1.82) is 0 Å². The van der Waals surface area contributed by atoms with Gasteiger partial charge in [-0.05, 0) is 60.7 Å². The van der Waals surface area contributed by atoms with Gasteiger partial charge in [0.1, 0.15) is 0 Å². The lowest BCUT2D eigenvalue weighted by Crippen LogP contribution is -2.13. The summed E-state index contributed by atoms with van der Waals surface area (Å²) in [5.74, 6) is -0.0312. The first-order chi connectivity index (χ1) is 14.0. The first-order valence-electron chi connectivity index (χ1n) is 9.57. The number of aromatic nitrogens is 3. The molecule has 0 unspecified atom stereocenters. The van der Waals surface area contributed by atoms with Crippen molar-refractivity contribution in [1.82, 2.24) is 15.1 Å². The maximum atomic E-state index is 13.0. The topological polar surface area (TPSA) is 80.9 Å². The van der Waals surface area contributed by atoms with Crippen LogP contribution in [0.25, 0.3) is 11.1 Å². The molecule has 0 aliphatic rings. The Morgan fingerprint density at radius 2 is 1.76 bits per heavy atom. The molecule has 1 amide bonds. The molecule has 0 spiro atoms. The zero-order chi connectivity index (χ0) is 20.4. The van der Waals surface area contributed by atoms with Crippen LogP contribution in [0.3, 0.4) is 0 Å². The van der Waals surface area contributed by atoms with Crippen molar-refractivity contribution >= 4 is 22.7 Å².